The Labute approximate surface area is 143 Å². The minimum atomic E-state index is -4.54. The summed E-state index contributed by atoms with van der Waals surface area (Å²) in [7, 11) is 0. The van der Waals surface area contributed by atoms with E-state index in [1.807, 2.05) is 0 Å². The summed E-state index contributed by atoms with van der Waals surface area (Å²) < 4.78 is 38.3. The summed E-state index contributed by atoms with van der Waals surface area (Å²) >= 11 is 0. The molecule has 0 aliphatic carbocycles. The molecule has 25 heavy (non-hydrogen) atoms. The van der Waals surface area contributed by atoms with Crippen LogP contribution in [0.5, 0.6) is 0 Å². The van der Waals surface area contributed by atoms with Crippen molar-refractivity contribution in [2.24, 2.45) is 0 Å². The van der Waals surface area contributed by atoms with E-state index in [9.17, 15) is 22.8 Å². The predicted octanol–water partition coefficient (Wildman–Crippen LogP) is 4.10. The molecule has 0 aliphatic heterocycles. The van der Waals surface area contributed by atoms with Gasteiger partial charge < -0.3 is 10.6 Å². The van der Waals surface area contributed by atoms with Crippen LogP contribution in [0.25, 0.3) is 0 Å². The van der Waals surface area contributed by atoms with E-state index >= 15 is 0 Å². The van der Waals surface area contributed by atoms with Gasteiger partial charge in [0, 0.05) is 11.6 Å². The van der Waals surface area contributed by atoms with Crippen LogP contribution in [0.1, 0.15) is 40.1 Å². The van der Waals surface area contributed by atoms with Gasteiger partial charge in [0.25, 0.3) is 11.8 Å². The van der Waals surface area contributed by atoms with Crippen molar-refractivity contribution >= 4 is 17.5 Å². The van der Waals surface area contributed by atoms with Crippen LogP contribution in [-0.2, 0) is 6.18 Å². The second-order valence-electron chi connectivity index (χ2n) is 5.71. The number of nitrogens with one attached hydrogen (secondary N) is 2. The molecule has 0 fully saturated rings. The van der Waals surface area contributed by atoms with Gasteiger partial charge >= 0.3 is 6.18 Å². The first-order valence-electron chi connectivity index (χ1n) is 7.57. The number of halogens is 3. The van der Waals surface area contributed by atoms with Gasteiger partial charge in [-0.25, -0.2) is 0 Å². The lowest BCUT2D eigenvalue weighted by Gasteiger charge is -2.13. The SMILES string of the molecule is CC(C)NC(=O)c1ccccc1NC(=O)c1cccc(C(F)(F)F)c1. The maximum Gasteiger partial charge on any atom is 0.416 e. The second-order valence-corrected chi connectivity index (χ2v) is 5.71. The van der Waals surface area contributed by atoms with Crippen molar-refractivity contribution in [3.05, 3.63) is 65.2 Å². The number of alkyl halides is 3. The normalized spacial score (nSPS) is 11.3. The van der Waals surface area contributed by atoms with Crippen molar-refractivity contribution in [1.29, 1.82) is 0 Å². The quantitative estimate of drug-likeness (QED) is 0.872. The Morgan fingerprint density at radius 2 is 1.64 bits per heavy atom. The molecule has 132 valence electrons. The van der Waals surface area contributed by atoms with Gasteiger partial charge in [0.15, 0.2) is 0 Å². The first-order valence-corrected chi connectivity index (χ1v) is 7.57. The highest BCUT2D eigenvalue weighted by molar-refractivity contribution is 6.09. The van der Waals surface area contributed by atoms with E-state index < -0.39 is 17.6 Å². The zero-order chi connectivity index (χ0) is 18.6. The van der Waals surface area contributed by atoms with Gasteiger partial charge in [-0.15, -0.1) is 0 Å². The number of carbonyl (C=O) groups is 2. The Kier molecular flexibility index (Phi) is 5.46. The van der Waals surface area contributed by atoms with Gasteiger partial charge in [-0.1, -0.05) is 18.2 Å². The van der Waals surface area contributed by atoms with Crippen molar-refractivity contribution in [2.45, 2.75) is 26.1 Å². The molecule has 0 heterocycles. The molecular weight excluding hydrogens is 333 g/mol. The lowest BCUT2D eigenvalue weighted by molar-refractivity contribution is -0.137. The molecule has 0 radical (unpaired) electrons. The highest BCUT2D eigenvalue weighted by atomic mass is 19.4. The Hall–Kier alpha value is -2.83. The van der Waals surface area contributed by atoms with E-state index in [0.717, 1.165) is 18.2 Å². The number of carbonyl (C=O) groups excluding carboxylic acids is 2. The number of benzene rings is 2. The molecule has 0 aromatic heterocycles. The zero-order valence-electron chi connectivity index (χ0n) is 13.6. The number of amides is 2. The van der Waals surface area contributed by atoms with Gasteiger partial charge in [0.05, 0.1) is 16.8 Å². The summed E-state index contributed by atoms with van der Waals surface area (Å²) in [5.41, 5.74) is -0.598. The van der Waals surface area contributed by atoms with Gasteiger partial charge in [-0.3, -0.25) is 9.59 Å². The van der Waals surface area contributed by atoms with Crippen molar-refractivity contribution in [3.8, 4) is 0 Å². The molecule has 2 N–H and O–H groups in total. The van der Waals surface area contributed by atoms with Crippen molar-refractivity contribution < 1.29 is 22.8 Å². The lowest BCUT2D eigenvalue weighted by atomic mass is 10.1. The average Bonchev–Trinajstić information content (AvgIpc) is 2.54. The average molecular weight is 350 g/mol. The fourth-order valence-electron chi connectivity index (χ4n) is 2.16. The zero-order valence-corrected chi connectivity index (χ0v) is 13.6. The Morgan fingerprint density at radius 3 is 2.28 bits per heavy atom. The Balaban J connectivity index is 2.26. The third kappa shape index (κ3) is 4.82. The maximum absolute atomic E-state index is 12.8. The largest absolute Gasteiger partial charge is 0.416 e. The molecule has 4 nitrogen and oxygen atoms in total. The summed E-state index contributed by atoms with van der Waals surface area (Å²) in [4.78, 5) is 24.4. The molecule has 0 bridgehead atoms. The number of hydrogen-bond donors (Lipinski definition) is 2. The molecule has 0 aliphatic rings. The van der Waals surface area contributed by atoms with Gasteiger partial charge in [0.1, 0.15) is 0 Å². The molecule has 0 unspecified atom stereocenters. The van der Waals surface area contributed by atoms with Crippen LogP contribution in [0.15, 0.2) is 48.5 Å². The van der Waals surface area contributed by atoms with E-state index in [4.69, 9.17) is 0 Å². The van der Waals surface area contributed by atoms with Gasteiger partial charge in [-0.2, -0.15) is 13.2 Å². The van der Waals surface area contributed by atoms with E-state index in [2.05, 4.69) is 10.6 Å². The summed E-state index contributed by atoms with van der Waals surface area (Å²) in [6.45, 7) is 3.59. The van der Waals surface area contributed by atoms with Crippen LogP contribution in [0.3, 0.4) is 0 Å². The first-order chi connectivity index (χ1) is 11.7. The van der Waals surface area contributed by atoms with Gasteiger partial charge in [-0.05, 0) is 44.2 Å². The maximum atomic E-state index is 12.8. The molecule has 0 spiro atoms. The summed E-state index contributed by atoms with van der Waals surface area (Å²) in [5, 5.41) is 5.19. The van der Waals surface area contributed by atoms with E-state index in [0.29, 0.717) is 0 Å². The molecule has 7 heteroatoms. The standard InChI is InChI=1S/C18H17F3N2O2/c1-11(2)22-17(25)14-8-3-4-9-15(14)23-16(24)12-6-5-7-13(10-12)18(19,20)21/h3-11H,1-2H3,(H,22,25)(H,23,24). The molecule has 2 aromatic rings. The predicted molar refractivity (Wildman–Crippen MR) is 88.4 cm³/mol. The molecule has 0 saturated carbocycles. The van der Waals surface area contributed by atoms with E-state index in [1.165, 1.54) is 18.2 Å². The van der Waals surface area contributed by atoms with Crippen LogP contribution in [-0.4, -0.2) is 17.9 Å². The topological polar surface area (TPSA) is 58.2 Å². The van der Waals surface area contributed by atoms with E-state index in [-0.39, 0.29) is 28.8 Å². The van der Waals surface area contributed by atoms with Crippen LogP contribution in [0, 0.1) is 0 Å². The Bertz CT molecular complexity index is 786. The smallest absolute Gasteiger partial charge is 0.350 e. The molecule has 0 atom stereocenters. The Morgan fingerprint density at radius 1 is 0.960 bits per heavy atom. The van der Waals surface area contributed by atoms with Crippen LogP contribution in [0.4, 0.5) is 18.9 Å². The third-order valence-electron chi connectivity index (χ3n) is 3.29. The molecule has 0 saturated heterocycles. The summed E-state index contributed by atoms with van der Waals surface area (Å²) in [6.07, 6.45) is -4.54. The number of para-hydroxylation sites is 1. The van der Waals surface area contributed by atoms with Crippen LogP contribution < -0.4 is 10.6 Å². The van der Waals surface area contributed by atoms with Crippen LogP contribution >= 0.6 is 0 Å². The van der Waals surface area contributed by atoms with Crippen molar-refractivity contribution in [1.82, 2.24) is 5.32 Å². The summed E-state index contributed by atoms with van der Waals surface area (Å²) in [5.74, 6) is -1.11. The first kappa shape index (κ1) is 18.5. The second kappa shape index (κ2) is 7.38. The fraction of sp³-hybridized carbons (Fsp3) is 0.222. The highest BCUT2D eigenvalue weighted by Gasteiger charge is 2.31. The van der Waals surface area contributed by atoms with Crippen LogP contribution in [0.2, 0.25) is 0 Å². The lowest BCUT2D eigenvalue weighted by Crippen LogP contribution is -2.31. The fourth-order valence-corrected chi connectivity index (χ4v) is 2.16. The van der Waals surface area contributed by atoms with Crippen molar-refractivity contribution in [3.63, 3.8) is 0 Å². The monoisotopic (exact) mass is 350 g/mol. The molecule has 2 aromatic carbocycles. The van der Waals surface area contributed by atoms with E-state index in [1.54, 1.807) is 26.0 Å². The molecule has 2 amide bonds. The minimum Gasteiger partial charge on any atom is -0.350 e. The van der Waals surface area contributed by atoms with Crippen molar-refractivity contribution in [2.75, 3.05) is 5.32 Å². The number of anilines is 1. The highest BCUT2D eigenvalue weighted by Crippen LogP contribution is 2.29. The molecular formula is C18H17F3N2O2. The number of rotatable bonds is 4. The third-order valence-corrected chi connectivity index (χ3v) is 3.29. The minimum absolute atomic E-state index is 0.0975. The number of hydrogen-bond acceptors (Lipinski definition) is 2. The van der Waals surface area contributed by atoms with Gasteiger partial charge in [0.2, 0.25) is 0 Å². The summed E-state index contributed by atoms with van der Waals surface area (Å²) in [6, 6.07) is 10.3. The molecule has 2 rings (SSSR count).